The molecule has 0 aliphatic heterocycles. The molecule has 5 nitrogen and oxygen atoms in total. The Kier molecular flexibility index (Phi) is 8.26. The van der Waals surface area contributed by atoms with Gasteiger partial charge in [0.05, 0.1) is 15.6 Å². The lowest BCUT2D eigenvalue weighted by Crippen LogP contribution is -2.19. The number of rotatable bonds is 8. The molecule has 1 amide bonds. The molecule has 36 heavy (non-hydrogen) atoms. The van der Waals surface area contributed by atoms with E-state index in [9.17, 15) is 13.2 Å². The van der Waals surface area contributed by atoms with Crippen LogP contribution in [-0.4, -0.2) is 14.3 Å². The van der Waals surface area contributed by atoms with E-state index < -0.39 is 15.3 Å². The van der Waals surface area contributed by atoms with E-state index in [-0.39, 0.29) is 10.8 Å². The predicted octanol–water partition coefficient (Wildman–Crippen LogP) is 7.57. The summed E-state index contributed by atoms with van der Waals surface area (Å²) >= 11 is 13.6. The van der Waals surface area contributed by atoms with Crippen LogP contribution in [0, 0.1) is 6.92 Å². The van der Waals surface area contributed by atoms with E-state index in [0.717, 1.165) is 16.0 Å². The van der Waals surface area contributed by atoms with Gasteiger partial charge in [-0.3, -0.25) is 9.52 Å². The summed E-state index contributed by atoms with van der Waals surface area (Å²) in [6.45, 7) is 1.90. The van der Waals surface area contributed by atoms with E-state index >= 15 is 0 Å². The Bertz CT molecular complexity index is 1460. The van der Waals surface area contributed by atoms with Crippen molar-refractivity contribution in [1.29, 1.82) is 0 Å². The highest BCUT2D eigenvalue weighted by atomic mass is 35.5. The number of hydrogen-bond acceptors (Lipinski definition) is 4. The summed E-state index contributed by atoms with van der Waals surface area (Å²) in [6.07, 6.45) is 0. The monoisotopic (exact) mass is 556 g/mol. The van der Waals surface area contributed by atoms with Crippen molar-refractivity contribution in [3.05, 3.63) is 118 Å². The molecule has 9 heteroatoms. The first kappa shape index (κ1) is 26.1. The average Bonchev–Trinajstić information content (AvgIpc) is 2.86. The van der Waals surface area contributed by atoms with Crippen molar-refractivity contribution in [3.63, 3.8) is 0 Å². The highest BCUT2D eigenvalue weighted by Crippen LogP contribution is 2.37. The molecule has 4 rings (SSSR count). The molecule has 0 bridgehead atoms. The maximum atomic E-state index is 13.3. The minimum absolute atomic E-state index is 0.187. The van der Waals surface area contributed by atoms with Crippen LogP contribution in [0.25, 0.3) is 0 Å². The Labute approximate surface area is 224 Å². The summed E-state index contributed by atoms with van der Waals surface area (Å²) in [5, 5.41) is 3.12. The highest BCUT2D eigenvalue weighted by Gasteiger charge is 2.23. The number of sulfonamides is 1. The maximum absolute atomic E-state index is 13.3. The topological polar surface area (TPSA) is 75.3 Å². The fourth-order valence-corrected chi connectivity index (χ4v) is 5.78. The first-order chi connectivity index (χ1) is 17.2. The molecule has 0 aliphatic rings. The Hall–Kier alpha value is -2.97. The summed E-state index contributed by atoms with van der Waals surface area (Å²) < 4.78 is 28.0. The van der Waals surface area contributed by atoms with Gasteiger partial charge >= 0.3 is 0 Å². The summed E-state index contributed by atoms with van der Waals surface area (Å²) in [5.41, 5.74) is 2.63. The van der Waals surface area contributed by atoms with Crippen LogP contribution in [0.3, 0.4) is 0 Å². The van der Waals surface area contributed by atoms with Gasteiger partial charge in [-0.05, 0) is 67.1 Å². The summed E-state index contributed by atoms with van der Waals surface area (Å²) in [4.78, 5) is 14.3. The summed E-state index contributed by atoms with van der Waals surface area (Å²) in [7, 11) is -3.71. The SMILES string of the molecule is Cc1ccc(S(=O)(=O)Nc2ccc(SC(C(=O)Nc3cc(Cl)ccc3Cl)c3ccccc3)cc2)cc1. The second-order valence-corrected chi connectivity index (χ2v) is 11.7. The quantitative estimate of drug-likeness (QED) is 0.219. The first-order valence-corrected chi connectivity index (χ1v) is 14.0. The molecule has 1 atom stereocenters. The van der Waals surface area contributed by atoms with E-state index in [2.05, 4.69) is 10.0 Å². The van der Waals surface area contributed by atoms with Crippen molar-refractivity contribution < 1.29 is 13.2 Å². The maximum Gasteiger partial charge on any atom is 0.261 e. The molecule has 4 aromatic carbocycles. The molecule has 0 radical (unpaired) electrons. The molecule has 0 saturated carbocycles. The Morgan fingerprint density at radius 3 is 2.19 bits per heavy atom. The normalized spacial score (nSPS) is 12.1. The van der Waals surface area contributed by atoms with E-state index in [1.807, 2.05) is 37.3 Å². The molecule has 2 N–H and O–H groups in total. The number of aryl methyl sites for hydroxylation is 1. The Morgan fingerprint density at radius 1 is 0.861 bits per heavy atom. The molecule has 0 aliphatic carbocycles. The molecule has 0 spiro atoms. The van der Waals surface area contributed by atoms with Gasteiger partial charge in [-0.2, -0.15) is 0 Å². The summed E-state index contributed by atoms with van der Waals surface area (Å²) in [6, 6.07) is 27.8. The lowest BCUT2D eigenvalue weighted by Gasteiger charge is -2.18. The molecule has 0 aromatic heterocycles. The number of halogens is 2. The minimum Gasteiger partial charge on any atom is -0.323 e. The van der Waals surface area contributed by atoms with Gasteiger partial charge < -0.3 is 5.32 Å². The van der Waals surface area contributed by atoms with E-state index in [0.29, 0.717) is 21.4 Å². The Balaban J connectivity index is 1.53. The van der Waals surface area contributed by atoms with Crippen LogP contribution in [0.1, 0.15) is 16.4 Å². The zero-order valence-corrected chi connectivity index (χ0v) is 22.3. The number of anilines is 2. The Morgan fingerprint density at radius 2 is 1.53 bits per heavy atom. The third-order valence-corrected chi connectivity index (χ3v) is 8.45. The van der Waals surface area contributed by atoms with Crippen LogP contribution >= 0.6 is 35.0 Å². The van der Waals surface area contributed by atoms with Crippen molar-refractivity contribution in [2.24, 2.45) is 0 Å². The number of carbonyl (C=O) groups is 1. The van der Waals surface area contributed by atoms with Crippen LogP contribution in [0.4, 0.5) is 11.4 Å². The summed E-state index contributed by atoms with van der Waals surface area (Å²) in [5.74, 6) is -0.264. The van der Waals surface area contributed by atoms with Crippen molar-refractivity contribution in [2.75, 3.05) is 10.0 Å². The number of carbonyl (C=O) groups excluding carboxylic acids is 1. The smallest absolute Gasteiger partial charge is 0.261 e. The molecular weight excluding hydrogens is 535 g/mol. The molecule has 0 fully saturated rings. The van der Waals surface area contributed by atoms with Gasteiger partial charge in [0, 0.05) is 15.6 Å². The molecule has 0 saturated heterocycles. The molecule has 184 valence electrons. The van der Waals surface area contributed by atoms with Crippen LogP contribution in [-0.2, 0) is 14.8 Å². The molecule has 1 unspecified atom stereocenters. The third kappa shape index (κ3) is 6.62. The van der Waals surface area contributed by atoms with Gasteiger partial charge in [0.25, 0.3) is 10.0 Å². The highest BCUT2D eigenvalue weighted by molar-refractivity contribution is 8.00. The van der Waals surface area contributed by atoms with Crippen molar-refractivity contribution in [1.82, 2.24) is 0 Å². The van der Waals surface area contributed by atoms with Crippen molar-refractivity contribution in [2.45, 2.75) is 22.0 Å². The largest absolute Gasteiger partial charge is 0.323 e. The number of thioether (sulfide) groups is 1. The number of amides is 1. The van der Waals surface area contributed by atoms with E-state index in [4.69, 9.17) is 23.2 Å². The van der Waals surface area contributed by atoms with Gasteiger partial charge in [-0.25, -0.2) is 8.42 Å². The van der Waals surface area contributed by atoms with E-state index in [1.54, 1.807) is 66.7 Å². The van der Waals surface area contributed by atoms with Crippen molar-refractivity contribution in [3.8, 4) is 0 Å². The lowest BCUT2D eigenvalue weighted by atomic mass is 10.1. The zero-order valence-electron chi connectivity index (χ0n) is 19.1. The average molecular weight is 558 g/mol. The first-order valence-electron chi connectivity index (χ1n) is 10.9. The minimum atomic E-state index is -3.71. The number of benzene rings is 4. The fourth-order valence-electron chi connectivity index (χ4n) is 3.36. The second-order valence-electron chi connectivity index (χ2n) is 7.96. The standard InChI is InChI=1S/C27H22Cl2N2O3S2/c1-18-7-14-23(15-8-18)36(33,34)31-21-10-12-22(13-11-21)35-26(19-5-3-2-4-6-19)27(32)30-25-17-20(28)9-16-24(25)29/h2-17,26,31H,1H3,(H,30,32). The van der Waals surface area contributed by atoms with Crippen molar-refractivity contribution >= 4 is 62.3 Å². The van der Waals surface area contributed by atoms with Crippen LogP contribution in [0.15, 0.2) is 107 Å². The third-order valence-electron chi connectivity index (χ3n) is 5.22. The molecule has 0 heterocycles. The molecular formula is C27H22Cl2N2O3S2. The van der Waals surface area contributed by atoms with Gasteiger partial charge in [0.1, 0.15) is 5.25 Å². The second kappa shape index (κ2) is 11.4. The molecule has 4 aromatic rings. The zero-order chi connectivity index (χ0) is 25.7. The van der Waals surface area contributed by atoms with Crippen LogP contribution < -0.4 is 10.0 Å². The van der Waals surface area contributed by atoms with Gasteiger partial charge in [-0.15, -0.1) is 11.8 Å². The van der Waals surface area contributed by atoms with E-state index in [1.165, 1.54) is 11.8 Å². The van der Waals surface area contributed by atoms with Gasteiger partial charge in [0.15, 0.2) is 0 Å². The van der Waals surface area contributed by atoms with Crippen LogP contribution in [0.2, 0.25) is 10.0 Å². The fraction of sp³-hybridized carbons (Fsp3) is 0.0741. The number of nitrogens with one attached hydrogen (secondary N) is 2. The predicted molar refractivity (Wildman–Crippen MR) is 149 cm³/mol. The van der Waals surface area contributed by atoms with Gasteiger partial charge in [-0.1, -0.05) is 71.2 Å². The lowest BCUT2D eigenvalue weighted by molar-refractivity contribution is -0.115. The van der Waals surface area contributed by atoms with Gasteiger partial charge in [0.2, 0.25) is 5.91 Å². The number of hydrogen-bond donors (Lipinski definition) is 2. The van der Waals surface area contributed by atoms with Crippen LogP contribution in [0.5, 0.6) is 0 Å².